The molecule has 2 aliphatic rings. The van der Waals surface area contributed by atoms with Crippen molar-refractivity contribution in [2.45, 2.75) is 51.0 Å². The maximum atomic E-state index is 4.64. The van der Waals surface area contributed by atoms with Gasteiger partial charge in [-0.05, 0) is 80.3 Å². The van der Waals surface area contributed by atoms with Gasteiger partial charge in [-0.15, -0.1) is 0 Å². The van der Waals surface area contributed by atoms with E-state index in [1.807, 2.05) is 48.8 Å². The first-order valence-electron chi connectivity index (χ1n) is 12.9. The van der Waals surface area contributed by atoms with Crippen LogP contribution in [-0.2, 0) is 0 Å². The molecule has 0 bridgehead atoms. The fourth-order valence-electron chi connectivity index (χ4n) is 4.31. The fraction of sp³-hybridized carbons (Fsp3) is 0.290. The molecule has 4 rings (SSSR count). The van der Waals surface area contributed by atoms with Crippen molar-refractivity contribution in [1.82, 2.24) is 10.3 Å². The molecule has 1 aliphatic heterocycles. The van der Waals surface area contributed by atoms with E-state index < -0.39 is 0 Å². The lowest BCUT2D eigenvalue weighted by Crippen LogP contribution is -2.31. The van der Waals surface area contributed by atoms with Crippen LogP contribution in [0.1, 0.15) is 61.8 Å². The largest absolute Gasteiger partial charge is 0.367 e. The Kier molecular flexibility index (Phi) is 9.60. The van der Waals surface area contributed by atoms with Gasteiger partial charge in [0.15, 0.2) is 0 Å². The summed E-state index contributed by atoms with van der Waals surface area (Å²) in [6.45, 7) is 8.04. The van der Waals surface area contributed by atoms with Crippen molar-refractivity contribution in [2.24, 2.45) is 15.0 Å². The van der Waals surface area contributed by atoms with E-state index in [0.29, 0.717) is 12.7 Å². The summed E-state index contributed by atoms with van der Waals surface area (Å²) in [7, 11) is 0. The number of rotatable bonds is 9. The van der Waals surface area contributed by atoms with E-state index in [1.54, 1.807) is 12.3 Å². The minimum absolute atomic E-state index is 0.423. The van der Waals surface area contributed by atoms with Gasteiger partial charge in [0.25, 0.3) is 0 Å². The Bertz CT molecular complexity index is 1260. The number of hydrogen-bond acceptors (Lipinski definition) is 6. The summed E-state index contributed by atoms with van der Waals surface area (Å²) >= 11 is 0. The second kappa shape index (κ2) is 13.7. The summed E-state index contributed by atoms with van der Waals surface area (Å²) in [5, 5.41) is 6.94. The topological polar surface area (TPSA) is 74.0 Å². The molecule has 37 heavy (non-hydrogen) atoms. The predicted molar refractivity (Wildman–Crippen MR) is 156 cm³/mol. The van der Waals surface area contributed by atoms with Gasteiger partial charge < -0.3 is 10.6 Å². The second-order valence-electron chi connectivity index (χ2n) is 9.03. The van der Waals surface area contributed by atoms with Gasteiger partial charge in [-0.25, -0.2) is 9.98 Å². The Balaban J connectivity index is 1.40. The highest BCUT2D eigenvalue weighted by molar-refractivity contribution is 5.87. The molecule has 0 amide bonds. The molecule has 1 aromatic heterocycles. The van der Waals surface area contributed by atoms with Crippen molar-refractivity contribution >= 4 is 30.9 Å². The van der Waals surface area contributed by atoms with Crippen LogP contribution in [0.25, 0.3) is 6.08 Å². The molecule has 2 aromatic rings. The Morgan fingerprint density at radius 1 is 1.08 bits per heavy atom. The zero-order valence-electron chi connectivity index (χ0n) is 21.3. The van der Waals surface area contributed by atoms with Gasteiger partial charge in [0.05, 0.1) is 11.3 Å². The van der Waals surface area contributed by atoms with Crippen LogP contribution >= 0.6 is 0 Å². The van der Waals surface area contributed by atoms with Crippen LogP contribution in [0, 0.1) is 11.8 Å². The molecule has 0 atom stereocenters. The average molecular weight is 491 g/mol. The highest BCUT2D eigenvalue weighted by Crippen LogP contribution is 2.22. The monoisotopic (exact) mass is 490 g/mol. The van der Waals surface area contributed by atoms with E-state index in [1.165, 1.54) is 19.3 Å². The molecule has 1 fully saturated rings. The molecule has 6 heteroatoms. The molecule has 0 radical (unpaired) electrons. The molecular weight excluding hydrogens is 456 g/mol. The van der Waals surface area contributed by atoms with Gasteiger partial charge in [0, 0.05) is 35.9 Å². The van der Waals surface area contributed by atoms with E-state index in [9.17, 15) is 0 Å². The maximum Gasteiger partial charge on any atom is 0.136 e. The fourth-order valence-corrected chi connectivity index (χ4v) is 4.31. The third-order valence-corrected chi connectivity index (χ3v) is 6.33. The van der Waals surface area contributed by atoms with Crippen LogP contribution < -0.4 is 10.6 Å². The molecule has 2 heterocycles. The molecule has 0 spiro atoms. The first-order chi connectivity index (χ1) is 18.2. The lowest BCUT2D eigenvalue weighted by molar-refractivity contribution is 0.395. The third-order valence-electron chi connectivity index (χ3n) is 6.33. The molecule has 1 aliphatic carbocycles. The predicted octanol–water partition coefficient (Wildman–Crippen LogP) is 6.15. The Hall–Kier alpha value is -4.24. The standard InChI is InChI=1S/C31H34N6/c1-3-24-18-20-34-28(21-24)17-14-25-12-15-26(16-13-25)36-23-33-22-29(30-11-7-8-19-35-30)31(32-2)37-27-9-5-4-6-10-27/h3,11-13,15-16,18-22,27,36-37H,1-2,4-10,23H2/b31-29-,33-22-. The van der Waals surface area contributed by atoms with Gasteiger partial charge in [-0.3, -0.25) is 9.98 Å². The number of benzene rings is 1. The number of nitrogens with zero attached hydrogens (tertiary/aromatic N) is 4. The smallest absolute Gasteiger partial charge is 0.136 e. The van der Waals surface area contributed by atoms with Gasteiger partial charge in [-0.1, -0.05) is 43.9 Å². The first kappa shape index (κ1) is 25.8. The Morgan fingerprint density at radius 2 is 1.92 bits per heavy atom. The van der Waals surface area contributed by atoms with Crippen LogP contribution in [0.5, 0.6) is 0 Å². The highest BCUT2D eigenvalue weighted by atomic mass is 15.1. The van der Waals surface area contributed by atoms with Crippen molar-refractivity contribution in [2.75, 3.05) is 12.0 Å². The zero-order valence-corrected chi connectivity index (χ0v) is 21.3. The highest BCUT2D eigenvalue weighted by Gasteiger charge is 2.17. The van der Waals surface area contributed by atoms with Crippen molar-refractivity contribution in [3.8, 4) is 11.8 Å². The van der Waals surface area contributed by atoms with Crippen LogP contribution in [0.2, 0.25) is 0 Å². The number of anilines is 1. The molecule has 0 saturated heterocycles. The minimum Gasteiger partial charge on any atom is -0.367 e. The van der Waals surface area contributed by atoms with Crippen molar-refractivity contribution in [3.63, 3.8) is 0 Å². The molecule has 2 N–H and O–H groups in total. The Labute approximate surface area is 220 Å². The van der Waals surface area contributed by atoms with Gasteiger partial charge in [0.2, 0.25) is 0 Å². The van der Waals surface area contributed by atoms with E-state index in [4.69, 9.17) is 0 Å². The van der Waals surface area contributed by atoms with Crippen LogP contribution in [-0.4, -0.2) is 36.8 Å². The summed E-state index contributed by atoms with van der Waals surface area (Å²) in [5.41, 5.74) is 5.40. The van der Waals surface area contributed by atoms with E-state index in [2.05, 4.69) is 61.8 Å². The molecule has 0 unspecified atom stereocenters. The van der Waals surface area contributed by atoms with Crippen molar-refractivity contribution in [3.05, 3.63) is 89.2 Å². The summed E-state index contributed by atoms with van der Waals surface area (Å²) in [6.07, 6.45) is 17.5. The SMILES string of the molecule is C=Cc1ccnc(C#Cc2ccc(NC/N=C\C(C3=CCCC=N3)=C(/N=C)NC3CCCCC3)cc2)c1. The van der Waals surface area contributed by atoms with Crippen LogP contribution in [0.4, 0.5) is 5.69 Å². The lowest BCUT2D eigenvalue weighted by atomic mass is 9.95. The number of allylic oxidation sites excluding steroid dienone is 2. The van der Waals surface area contributed by atoms with E-state index >= 15 is 0 Å². The number of nitrogens with one attached hydrogen (secondary N) is 2. The van der Waals surface area contributed by atoms with Gasteiger partial charge >= 0.3 is 0 Å². The number of aliphatic imine (C=N–C) groups is 3. The summed E-state index contributed by atoms with van der Waals surface area (Å²) in [4.78, 5) is 17.9. The zero-order chi connectivity index (χ0) is 25.7. The van der Waals surface area contributed by atoms with E-state index in [0.717, 1.165) is 65.3 Å². The molecule has 1 aromatic carbocycles. The van der Waals surface area contributed by atoms with Gasteiger partial charge in [-0.2, -0.15) is 0 Å². The normalized spacial score (nSPS) is 16.3. The van der Waals surface area contributed by atoms with Crippen molar-refractivity contribution in [1.29, 1.82) is 0 Å². The van der Waals surface area contributed by atoms with Crippen LogP contribution in [0.15, 0.2) is 87.3 Å². The third kappa shape index (κ3) is 7.88. The first-order valence-corrected chi connectivity index (χ1v) is 12.9. The number of aromatic nitrogens is 1. The molecule has 1 saturated carbocycles. The summed E-state index contributed by atoms with van der Waals surface area (Å²) < 4.78 is 0. The second-order valence-corrected chi connectivity index (χ2v) is 9.03. The Morgan fingerprint density at radius 3 is 2.65 bits per heavy atom. The minimum atomic E-state index is 0.423. The maximum absolute atomic E-state index is 4.64. The van der Waals surface area contributed by atoms with Crippen molar-refractivity contribution < 1.29 is 0 Å². The average Bonchev–Trinajstić information content (AvgIpc) is 2.97. The lowest BCUT2D eigenvalue weighted by Gasteiger charge is -2.25. The molecule has 6 nitrogen and oxygen atoms in total. The quantitative estimate of drug-likeness (QED) is 0.327. The molecular formula is C31H34N6. The summed E-state index contributed by atoms with van der Waals surface area (Å²) in [6, 6.07) is 12.2. The molecule has 188 valence electrons. The summed E-state index contributed by atoms with van der Waals surface area (Å²) in [5.74, 6) is 7.02. The van der Waals surface area contributed by atoms with Crippen LogP contribution in [0.3, 0.4) is 0 Å². The number of hydrogen-bond donors (Lipinski definition) is 2. The van der Waals surface area contributed by atoms with E-state index in [-0.39, 0.29) is 0 Å². The van der Waals surface area contributed by atoms with Gasteiger partial charge in [0.1, 0.15) is 18.2 Å². The number of pyridine rings is 1.